The van der Waals surface area contributed by atoms with Crippen molar-refractivity contribution in [3.8, 4) is 0 Å². The van der Waals surface area contributed by atoms with Crippen LogP contribution in [0.4, 0.5) is 0 Å². The molecule has 0 aromatic heterocycles. The molecule has 0 bridgehead atoms. The second kappa shape index (κ2) is 5.21. The molecule has 96 valence electrons. The van der Waals surface area contributed by atoms with Crippen LogP contribution in [0.2, 0.25) is 0 Å². The van der Waals surface area contributed by atoms with E-state index in [1.54, 1.807) is 0 Å². The summed E-state index contributed by atoms with van der Waals surface area (Å²) >= 11 is 0. The van der Waals surface area contributed by atoms with E-state index in [1.165, 1.54) is 7.11 Å². The van der Waals surface area contributed by atoms with Gasteiger partial charge in [0.2, 0.25) is 5.91 Å². The summed E-state index contributed by atoms with van der Waals surface area (Å²) in [4.78, 5) is 23.3. The normalized spacial score (nSPS) is 25.3. The summed E-state index contributed by atoms with van der Waals surface area (Å²) in [7, 11) is 1.35. The quantitative estimate of drug-likeness (QED) is 0.817. The first-order valence-corrected chi connectivity index (χ1v) is 6.04. The lowest BCUT2D eigenvalue weighted by molar-refractivity contribution is -0.143. The minimum absolute atomic E-state index is 0.0678. The molecule has 0 unspecified atom stereocenters. The Morgan fingerprint density at radius 1 is 1.22 bits per heavy atom. The Hall–Kier alpha value is -1.84. The molecular weight excluding hydrogens is 230 g/mol. The van der Waals surface area contributed by atoms with Crippen molar-refractivity contribution in [2.24, 2.45) is 17.8 Å². The number of carbonyl (C=O) groups excluding carboxylic acids is 2. The van der Waals surface area contributed by atoms with Gasteiger partial charge in [0.05, 0.1) is 18.9 Å². The highest BCUT2D eigenvalue weighted by atomic mass is 16.5. The van der Waals surface area contributed by atoms with Crippen LogP contribution in [0.25, 0.3) is 0 Å². The molecule has 1 aliphatic carbocycles. The highest BCUT2D eigenvalue weighted by Gasteiger charge is 2.56. The molecule has 3 atom stereocenters. The van der Waals surface area contributed by atoms with Crippen molar-refractivity contribution in [2.75, 3.05) is 7.11 Å². The zero-order valence-corrected chi connectivity index (χ0v) is 10.6. The molecule has 1 saturated carbocycles. The Kier molecular flexibility index (Phi) is 3.65. The summed E-state index contributed by atoms with van der Waals surface area (Å²) in [5, 5.41) is 2.85. The van der Waals surface area contributed by atoms with E-state index in [2.05, 4.69) is 10.1 Å². The Balaban J connectivity index is 1.85. The number of hydrogen-bond acceptors (Lipinski definition) is 3. The Bertz CT molecular complexity index is 444. The molecule has 1 aliphatic rings. The molecule has 0 aliphatic heterocycles. The van der Waals surface area contributed by atoms with Crippen molar-refractivity contribution in [2.45, 2.75) is 13.5 Å². The van der Waals surface area contributed by atoms with E-state index in [-0.39, 0.29) is 29.6 Å². The molecule has 1 amide bonds. The second-order valence-electron chi connectivity index (χ2n) is 4.64. The van der Waals surface area contributed by atoms with Gasteiger partial charge in [0.25, 0.3) is 0 Å². The molecule has 0 radical (unpaired) electrons. The molecule has 18 heavy (non-hydrogen) atoms. The fourth-order valence-corrected chi connectivity index (χ4v) is 2.26. The van der Waals surface area contributed by atoms with E-state index in [4.69, 9.17) is 0 Å². The number of carbonyl (C=O) groups is 2. The van der Waals surface area contributed by atoms with Gasteiger partial charge in [-0.15, -0.1) is 0 Å². The van der Waals surface area contributed by atoms with Crippen molar-refractivity contribution in [1.82, 2.24) is 5.32 Å². The van der Waals surface area contributed by atoms with Gasteiger partial charge in [-0.3, -0.25) is 9.59 Å². The van der Waals surface area contributed by atoms with Gasteiger partial charge >= 0.3 is 5.97 Å². The fraction of sp³-hybridized carbons (Fsp3) is 0.429. The van der Waals surface area contributed by atoms with E-state index < -0.39 is 0 Å². The summed E-state index contributed by atoms with van der Waals surface area (Å²) < 4.78 is 4.67. The number of amides is 1. The Labute approximate surface area is 106 Å². The molecule has 0 spiro atoms. The largest absolute Gasteiger partial charge is 0.469 e. The van der Waals surface area contributed by atoms with Crippen molar-refractivity contribution < 1.29 is 14.3 Å². The van der Waals surface area contributed by atoms with Crippen LogP contribution in [0, 0.1) is 17.8 Å². The van der Waals surface area contributed by atoms with Gasteiger partial charge in [0.1, 0.15) is 0 Å². The van der Waals surface area contributed by atoms with Crippen LogP contribution in [0.5, 0.6) is 0 Å². The van der Waals surface area contributed by atoms with E-state index in [1.807, 2.05) is 37.3 Å². The number of methoxy groups -OCH3 is 1. The van der Waals surface area contributed by atoms with Crippen LogP contribution in [-0.4, -0.2) is 19.0 Å². The van der Waals surface area contributed by atoms with Crippen LogP contribution in [-0.2, 0) is 20.9 Å². The lowest BCUT2D eigenvalue weighted by Crippen LogP contribution is -2.26. The maximum atomic E-state index is 11.9. The molecule has 1 N–H and O–H groups in total. The number of esters is 1. The summed E-state index contributed by atoms with van der Waals surface area (Å²) in [6, 6.07) is 9.70. The highest BCUT2D eigenvalue weighted by Crippen LogP contribution is 2.46. The summed E-state index contributed by atoms with van der Waals surface area (Å²) in [6.45, 7) is 2.39. The molecule has 0 heterocycles. The topological polar surface area (TPSA) is 55.4 Å². The summed E-state index contributed by atoms with van der Waals surface area (Å²) in [5.41, 5.74) is 1.05. The van der Waals surface area contributed by atoms with Crippen molar-refractivity contribution in [3.05, 3.63) is 35.9 Å². The summed E-state index contributed by atoms with van der Waals surface area (Å²) in [5.74, 6) is -0.788. The third kappa shape index (κ3) is 2.53. The maximum absolute atomic E-state index is 11.9. The Morgan fingerprint density at radius 2 is 1.89 bits per heavy atom. The fourth-order valence-electron chi connectivity index (χ4n) is 2.26. The lowest BCUT2D eigenvalue weighted by Gasteiger charge is -2.04. The van der Waals surface area contributed by atoms with Crippen molar-refractivity contribution in [1.29, 1.82) is 0 Å². The molecule has 0 saturated heterocycles. The van der Waals surface area contributed by atoms with Crippen LogP contribution in [0.3, 0.4) is 0 Å². The van der Waals surface area contributed by atoms with Crippen LogP contribution >= 0.6 is 0 Å². The van der Waals surface area contributed by atoms with Gasteiger partial charge in [0, 0.05) is 6.54 Å². The number of rotatable bonds is 4. The van der Waals surface area contributed by atoms with Gasteiger partial charge in [0.15, 0.2) is 0 Å². The molecule has 1 aromatic rings. The molecule has 4 heteroatoms. The third-order valence-electron chi connectivity index (χ3n) is 3.46. The van der Waals surface area contributed by atoms with Gasteiger partial charge in [-0.1, -0.05) is 37.3 Å². The maximum Gasteiger partial charge on any atom is 0.309 e. The predicted octanol–water partition coefficient (Wildman–Crippen LogP) is 1.36. The average molecular weight is 247 g/mol. The molecule has 1 aromatic carbocycles. The van der Waals surface area contributed by atoms with E-state index >= 15 is 0 Å². The zero-order valence-electron chi connectivity index (χ0n) is 10.6. The van der Waals surface area contributed by atoms with Gasteiger partial charge < -0.3 is 10.1 Å². The van der Waals surface area contributed by atoms with Crippen LogP contribution < -0.4 is 5.32 Å². The monoisotopic (exact) mass is 247 g/mol. The standard InChI is InChI=1S/C14H17NO3/c1-9-11(12(9)14(17)18-2)13(16)15-8-10-6-4-3-5-7-10/h3-7,9,11-12H,8H2,1-2H3,(H,15,16)/t9-,11-,12-/m1/s1. The summed E-state index contributed by atoms with van der Waals surface area (Å²) in [6.07, 6.45) is 0. The average Bonchev–Trinajstić information content (AvgIpc) is 3.08. The minimum Gasteiger partial charge on any atom is -0.469 e. The molecule has 2 rings (SSSR count). The number of nitrogens with one attached hydrogen (secondary N) is 1. The third-order valence-corrected chi connectivity index (χ3v) is 3.46. The van der Waals surface area contributed by atoms with Gasteiger partial charge in [-0.2, -0.15) is 0 Å². The number of benzene rings is 1. The molecular formula is C14H17NO3. The SMILES string of the molecule is COC(=O)[C@@H]1[C@H](C)[C@H]1C(=O)NCc1ccccc1. The molecule has 1 fully saturated rings. The zero-order chi connectivity index (χ0) is 13.1. The molecule has 4 nitrogen and oxygen atoms in total. The van der Waals surface area contributed by atoms with Gasteiger partial charge in [-0.25, -0.2) is 0 Å². The smallest absolute Gasteiger partial charge is 0.309 e. The van der Waals surface area contributed by atoms with Crippen LogP contribution in [0.1, 0.15) is 12.5 Å². The van der Waals surface area contributed by atoms with E-state index in [0.717, 1.165) is 5.56 Å². The Morgan fingerprint density at radius 3 is 2.50 bits per heavy atom. The van der Waals surface area contributed by atoms with Crippen molar-refractivity contribution in [3.63, 3.8) is 0 Å². The second-order valence-corrected chi connectivity index (χ2v) is 4.64. The van der Waals surface area contributed by atoms with Crippen LogP contribution in [0.15, 0.2) is 30.3 Å². The van der Waals surface area contributed by atoms with E-state index in [0.29, 0.717) is 6.54 Å². The minimum atomic E-state index is -0.289. The van der Waals surface area contributed by atoms with Crippen molar-refractivity contribution >= 4 is 11.9 Å². The first kappa shape index (κ1) is 12.6. The number of hydrogen-bond donors (Lipinski definition) is 1. The van der Waals surface area contributed by atoms with E-state index in [9.17, 15) is 9.59 Å². The highest BCUT2D eigenvalue weighted by molar-refractivity contribution is 5.90. The first-order valence-electron chi connectivity index (χ1n) is 6.04. The number of ether oxygens (including phenoxy) is 1. The predicted molar refractivity (Wildman–Crippen MR) is 66.4 cm³/mol. The van der Waals surface area contributed by atoms with Gasteiger partial charge in [-0.05, 0) is 11.5 Å². The first-order chi connectivity index (χ1) is 8.65. The lowest BCUT2D eigenvalue weighted by atomic mass is 10.2.